The van der Waals surface area contributed by atoms with Crippen LogP contribution in [0.1, 0.15) is 11.1 Å². The molecule has 0 aliphatic rings. The molecule has 0 unspecified atom stereocenters. The molecule has 0 saturated heterocycles. The van der Waals surface area contributed by atoms with Crippen molar-refractivity contribution in [3.63, 3.8) is 0 Å². The second-order valence-corrected chi connectivity index (χ2v) is 7.78. The lowest BCUT2D eigenvalue weighted by Crippen LogP contribution is -2.37. The van der Waals surface area contributed by atoms with Gasteiger partial charge in [0, 0.05) is 10.7 Å². The highest BCUT2D eigenvalue weighted by Gasteiger charge is 2.22. The Morgan fingerprint density at radius 3 is 2.60 bits per heavy atom. The van der Waals surface area contributed by atoms with Gasteiger partial charge in [0.15, 0.2) is 0 Å². The zero-order chi connectivity index (χ0) is 18.6. The van der Waals surface area contributed by atoms with E-state index in [9.17, 15) is 13.2 Å². The maximum atomic E-state index is 12.3. The monoisotopic (exact) mass is 377 g/mol. The van der Waals surface area contributed by atoms with E-state index in [1.807, 2.05) is 6.07 Å². The largest absolute Gasteiger partial charge is 0.324 e. The Kier molecular flexibility index (Phi) is 5.67. The van der Waals surface area contributed by atoms with Crippen LogP contribution in [0.25, 0.3) is 0 Å². The fourth-order valence-electron chi connectivity index (χ4n) is 2.28. The summed E-state index contributed by atoms with van der Waals surface area (Å²) in [5.74, 6) is -0.519. The number of carbonyl (C=O) groups excluding carboxylic acids is 1. The van der Waals surface area contributed by atoms with Gasteiger partial charge in [0.05, 0.1) is 23.6 Å². The highest BCUT2D eigenvalue weighted by atomic mass is 35.5. The molecule has 0 saturated carbocycles. The number of anilines is 2. The van der Waals surface area contributed by atoms with Gasteiger partial charge in [0.25, 0.3) is 0 Å². The van der Waals surface area contributed by atoms with E-state index in [0.717, 1.165) is 10.6 Å². The van der Waals surface area contributed by atoms with Crippen molar-refractivity contribution in [3.05, 3.63) is 58.6 Å². The summed E-state index contributed by atoms with van der Waals surface area (Å²) >= 11 is 5.90. The van der Waals surface area contributed by atoms with Gasteiger partial charge in [-0.1, -0.05) is 17.7 Å². The Labute approximate surface area is 151 Å². The minimum Gasteiger partial charge on any atom is -0.324 e. The van der Waals surface area contributed by atoms with Gasteiger partial charge in [-0.25, -0.2) is 8.42 Å². The minimum atomic E-state index is -3.68. The molecule has 1 amide bonds. The van der Waals surface area contributed by atoms with Gasteiger partial charge in [0.1, 0.15) is 6.54 Å². The Hall–Kier alpha value is -2.56. The predicted molar refractivity (Wildman–Crippen MR) is 98.2 cm³/mol. The third kappa shape index (κ3) is 4.95. The van der Waals surface area contributed by atoms with Crippen molar-refractivity contribution in [2.75, 3.05) is 22.4 Å². The van der Waals surface area contributed by atoms with Gasteiger partial charge >= 0.3 is 0 Å². The number of hydrogen-bond donors (Lipinski definition) is 1. The molecular weight excluding hydrogens is 362 g/mol. The molecule has 130 valence electrons. The summed E-state index contributed by atoms with van der Waals surface area (Å²) in [5.41, 5.74) is 1.83. The van der Waals surface area contributed by atoms with E-state index < -0.39 is 22.5 Å². The minimum absolute atomic E-state index is 0.382. The van der Waals surface area contributed by atoms with Crippen molar-refractivity contribution < 1.29 is 13.2 Å². The molecule has 2 rings (SSSR count). The van der Waals surface area contributed by atoms with Gasteiger partial charge in [0.2, 0.25) is 15.9 Å². The SMILES string of the molecule is Cc1cc(Cl)ccc1N(CC(=O)Nc1cccc(C#N)c1)S(C)(=O)=O. The van der Waals surface area contributed by atoms with Gasteiger partial charge < -0.3 is 5.32 Å². The van der Waals surface area contributed by atoms with Gasteiger partial charge in [-0.3, -0.25) is 9.10 Å². The van der Waals surface area contributed by atoms with Crippen molar-refractivity contribution in [1.29, 1.82) is 5.26 Å². The number of rotatable bonds is 5. The van der Waals surface area contributed by atoms with Gasteiger partial charge in [-0.2, -0.15) is 5.26 Å². The van der Waals surface area contributed by atoms with Crippen molar-refractivity contribution in [3.8, 4) is 6.07 Å². The van der Waals surface area contributed by atoms with Crippen molar-refractivity contribution in [2.24, 2.45) is 0 Å². The summed E-state index contributed by atoms with van der Waals surface area (Å²) < 4.78 is 25.3. The third-order valence-corrected chi connectivity index (χ3v) is 4.75. The molecule has 0 aliphatic heterocycles. The molecule has 8 heteroatoms. The molecule has 2 aromatic carbocycles. The van der Waals surface area contributed by atoms with Crippen molar-refractivity contribution in [1.82, 2.24) is 0 Å². The second kappa shape index (κ2) is 7.55. The molecule has 1 N–H and O–H groups in total. The molecule has 0 radical (unpaired) electrons. The van der Waals surface area contributed by atoms with E-state index in [1.165, 1.54) is 6.07 Å². The lowest BCUT2D eigenvalue weighted by molar-refractivity contribution is -0.114. The maximum absolute atomic E-state index is 12.3. The normalized spacial score (nSPS) is 10.8. The molecule has 0 aromatic heterocycles. The van der Waals surface area contributed by atoms with Crippen LogP contribution in [0.4, 0.5) is 11.4 Å². The summed E-state index contributed by atoms with van der Waals surface area (Å²) in [5, 5.41) is 12.0. The van der Waals surface area contributed by atoms with Crippen LogP contribution in [-0.4, -0.2) is 27.1 Å². The Morgan fingerprint density at radius 1 is 1.28 bits per heavy atom. The number of halogens is 1. The van der Waals surface area contributed by atoms with E-state index in [4.69, 9.17) is 16.9 Å². The van der Waals surface area contributed by atoms with Crippen LogP contribution in [-0.2, 0) is 14.8 Å². The molecule has 0 aliphatic carbocycles. The maximum Gasteiger partial charge on any atom is 0.245 e. The first-order valence-corrected chi connectivity index (χ1v) is 9.47. The van der Waals surface area contributed by atoms with E-state index in [1.54, 1.807) is 43.3 Å². The smallest absolute Gasteiger partial charge is 0.245 e. The van der Waals surface area contributed by atoms with Crippen LogP contribution in [0.5, 0.6) is 0 Å². The predicted octanol–water partition coefficient (Wildman–Crippen LogP) is 2.92. The molecule has 0 fully saturated rings. The van der Waals surface area contributed by atoms with Crippen LogP contribution < -0.4 is 9.62 Å². The Morgan fingerprint density at radius 2 is 2.00 bits per heavy atom. The van der Waals surface area contributed by atoms with Crippen LogP contribution in [0.3, 0.4) is 0 Å². The first-order valence-electron chi connectivity index (χ1n) is 7.24. The molecule has 6 nitrogen and oxygen atoms in total. The Balaban J connectivity index is 2.25. The topological polar surface area (TPSA) is 90.3 Å². The first kappa shape index (κ1) is 18.8. The molecule has 2 aromatic rings. The average Bonchev–Trinajstić information content (AvgIpc) is 2.52. The number of hydrogen-bond acceptors (Lipinski definition) is 4. The number of nitriles is 1. The highest BCUT2D eigenvalue weighted by Crippen LogP contribution is 2.25. The summed E-state index contributed by atoms with van der Waals surface area (Å²) in [6.45, 7) is 1.33. The van der Waals surface area contributed by atoms with Crippen LogP contribution >= 0.6 is 11.6 Å². The molecule has 0 spiro atoms. The lowest BCUT2D eigenvalue weighted by atomic mass is 10.2. The number of carbonyl (C=O) groups is 1. The van der Waals surface area contributed by atoms with Crippen LogP contribution in [0, 0.1) is 18.3 Å². The zero-order valence-electron chi connectivity index (χ0n) is 13.7. The van der Waals surface area contributed by atoms with Gasteiger partial charge in [-0.05, 0) is 48.9 Å². The number of sulfonamides is 1. The lowest BCUT2D eigenvalue weighted by Gasteiger charge is -2.23. The molecular formula is C17H16ClN3O3S. The number of nitrogens with zero attached hydrogens (tertiary/aromatic N) is 2. The standard InChI is InChI=1S/C17H16ClN3O3S/c1-12-8-14(18)6-7-16(12)21(25(2,23)24)11-17(22)20-15-5-3-4-13(9-15)10-19/h3-9H,11H2,1-2H3,(H,20,22). The summed E-state index contributed by atoms with van der Waals surface area (Å²) in [6, 6.07) is 13.1. The van der Waals surface area contributed by atoms with Crippen LogP contribution in [0.2, 0.25) is 5.02 Å². The first-order chi connectivity index (χ1) is 11.7. The Bertz CT molecular complexity index is 952. The fourth-order valence-corrected chi connectivity index (χ4v) is 3.42. The van der Waals surface area contributed by atoms with E-state index in [-0.39, 0.29) is 0 Å². The number of benzene rings is 2. The van der Waals surface area contributed by atoms with Crippen molar-refractivity contribution >= 4 is 38.9 Å². The van der Waals surface area contributed by atoms with Gasteiger partial charge in [-0.15, -0.1) is 0 Å². The second-order valence-electron chi connectivity index (χ2n) is 5.44. The fraction of sp³-hybridized carbons (Fsp3) is 0.176. The molecule has 25 heavy (non-hydrogen) atoms. The quantitative estimate of drug-likeness (QED) is 0.867. The summed E-state index contributed by atoms with van der Waals surface area (Å²) in [7, 11) is -3.68. The third-order valence-electron chi connectivity index (χ3n) is 3.39. The van der Waals surface area contributed by atoms with Crippen LogP contribution in [0.15, 0.2) is 42.5 Å². The number of nitrogens with one attached hydrogen (secondary N) is 1. The van der Waals surface area contributed by atoms with E-state index in [0.29, 0.717) is 27.5 Å². The summed E-state index contributed by atoms with van der Waals surface area (Å²) in [4.78, 5) is 12.3. The highest BCUT2D eigenvalue weighted by molar-refractivity contribution is 7.92. The van der Waals surface area contributed by atoms with Crippen molar-refractivity contribution in [2.45, 2.75) is 6.92 Å². The van der Waals surface area contributed by atoms with E-state index in [2.05, 4.69) is 5.32 Å². The summed E-state index contributed by atoms with van der Waals surface area (Å²) in [6.07, 6.45) is 1.03. The molecule has 0 heterocycles. The van der Waals surface area contributed by atoms with E-state index >= 15 is 0 Å². The average molecular weight is 378 g/mol. The molecule has 0 atom stereocenters. The molecule has 0 bridgehead atoms. The number of amides is 1. The zero-order valence-corrected chi connectivity index (χ0v) is 15.2. The number of aryl methyl sites for hydroxylation is 1.